The minimum Gasteiger partial charge on any atom is -0.469 e. The lowest BCUT2D eigenvalue weighted by atomic mass is 10.1. The van der Waals surface area contributed by atoms with Crippen LogP contribution in [0.2, 0.25) is 0 Å². The van der Waals surface area contributed by atoms with E-state index in [0.29, 0.717) is 29.6 Å². The predicted octanol–water partition coefficient (Wildman–Crippen LogP) is 2.91. The Bertz CT molecular complexity index is 604. The third-order valence-corrected chi connectivity index (χ3v) is 4.82. The van der Waals surface area contributed by atoms with Crippen LogP contribution in [0.25, 0.3) is 11.7 Å². The van der Waals surface area contributed by atoms with Crippen molar-refractivity contribution >= 4 is 17.7 Å². The van der Waals surface area contributed by atoms with Crippen LogP contribution in [0.15, 0.2) is 27.3 Å². The van der Waals surface area contributed by atoms with E-state index < -0.39 is 0 Å². The molecule has 0 aliphatic heterocycles. The predicted molar refractivity (Wildman–Crippen MR) is 76.5 cm³/mol. The number of aromatic nitrogens is 2. The van der Waals surface area contributed by atoms with Crippen molar-refractivity contribution in [3.05, 3.63) is 24.2 Å². The van der Waals surface area contributed by atoms with Gasteiger partial charge in [0.25, 0.3) is 5.89 Å². The van der Waals surface area contributed by atoms with Gasteiger partial charge in [0.15, 0.2) is 11.6 Å². The summed E-state index contributed by atoms with van der Waals surface area (Å²) in [5.74, 6) is 3.04. The number of carbonyl (C=O) groups is 1. The van der Waals surface area contributed by atoms with Gasteiger partial charge in [-0.25, -0.2) is 0 Å². The molecule has 0 spiro atoms. The van der Waals surface area contributed by atoms with Gasteiger partial charge in [-0.2, -0.15) is 16.7 Å². The minimum absolute atomic E-state index is 0.116. The Morgan fingerprint density at radius 1 is 1.52 bits per heavy atom. The van der Waals surface area contributed by atoms with Crippen molar-refractivity contribution in [3.8, 4) is 11.7 Å². The zero-order valence-electron chi connectivity index (χ0n) is 11.7. The molecule has 0 radical (unpaired) electrons. The molecule has 1 saturated carbocycles. The van der Waals surface area contributed by atoms with Crippen molar-refractivity contribution < 1.29 is 18.5 Å². The average molecular weight is 308 g/mol. The highest BCUT2D eigenvalue weighted by atomic mass is 32.2. The number of furan rings is 1. The molecule has 0 N–H and O–H groups in total. The fourth-order valence-corrected chi connectivity index (χ4v) is 3.32. The fraction of sp³-hybridized carbons (Fsp3) is 0.500. The molecule has 0 saturated heterocycles. The monoisotopic (exact) mass is 308 g/mol. The summed E-state index contributed by atoms with van der Waals surface area (Å²) >= 11 is 1.72. The Balaban J connectivity index is 1.49. The molecule has 0 amide bonds. The number of carbonyl (C=O) groups excluding carboxylic acids is 1. The lowest BCUT2D eigenvalue weighted by Crippen LogP contribution is -2.13. The van der Waals surface area contributed by atoms with E-state index in [0.717, 1.165) is 18.6 Å². The van der Waals surface area contributed by atoms with Crippen LogP contribution in [-0.2, 0) is 15.3 Å². The maximum atomic E-state index is 11.4. The van der Waals surface area contributed by atoms with Gasteiger partial charge in [-0.1, -0.05) is 5.16 Å². The third-order valence-electron chi connectivity index (χ3n) is 3.54. The third kappa shape index (κ3) is 3.47. The fourth-order valence-electron chi connectivity index (χ4n) is 2.10. The Morgan fingerprint density at radius 2 is 2.38 bits per heavy atom. The first-order valence-electron chi connectivity index (χ1n) is 6.72. The van der Waals surface area contributed by atoms with E-state index in [1.807, 2.05) is 0 Å². The Hall–Kier alpha value is -1.76. The van der Waals surface area contributed by atoms with Crippen molar-refractivity contribution in [1.29, 1.82) is 0 Å². The molecule has 0 unspecified atom stereocenters. The highest BCUT2D eigenvalue weighted by Gasteiger charge is 2.44. The van der Waals surface area contributed by atoms with Gasteiger partial charge in [-0.05, 0) is 36.1 Å². The summed E-state index contributed by atoms with van der Waals surface area (Å²) in [6.07, 6.45) is 4.23. The van der Waals surface area contributed by atoms with Gasteiger partial charge >= 0.3 is 5.97 Å². The molecule has 21 heavy (non-hydrogen) atoms. The van der Waals surface area contributed by atoms with Crippen molar-refractivity contribution in [1.82, 2.24) is 10.1 Å². The average Bonchev–Trinajstić information content (AvgIpc) is 2.93. The molecule has 1 fully saturated rings. The molecule has 0 bridgehead atoms. The Morgan fingerprint density at radius 3 is 3.05 bits per heavy atom. The molecule has 2 aromatic rings. The topological polar surface area (TPSA) is 78.4 Å². The smallest absolute Gasteiger partial charge is 0.306 e. The van der Waals surface area contributed by atoms with E-state index in [1.165, 1.54) is 7.11 Å². The Labute approximate surface area is 126 Å². The number of hydrogen-bond donors (Lipinski definition) is 0. The van der Waals surface area contributed by atoms with Crippen LogP contribution < -0.4 is 0 Å². The van der Waals surface area contributed by atoms with E-state index in [4.69, 9.17) is 13.7 Å². The molecule has 3 rings (SSSR count). The van der Waals surface area contributed by atoms with Gasteiger partial charge in [0.2, 0.25) is 0 Å². The molecule has 0 atom stereocenters. The van der Waals surface area contributed by atoms with Crippen LogP contribution in [0.4, 0.5) is 0 Å². The largest absolute Gasteiger partial charge is 0.469 e. The van der Waals surface area contributed by atoms with Crippen LogP contribution >= 0.6 is 11.8 Å². The minimum atomic E-state index is -0.132. The number of nitrogens with zero attached hydrogens (tertiary/aromatic N) is 2. The van der Waals surface area contributed by atoms with Gasteiger partial charge in [0.05, 0.1) is 25.5 Å². The lowest BCUT2D eigenvalue weighted by molar-refractivity contribution is -0.141. The first-order chi connectivity index (χ1) is 10.2. The van der Waals surface area contributed by atoms with E-state index in [1.54, 1.807) is 30.2 Å². The van der Waals surface area contributed by atoms with Crippen molar-refractivity contribution in [3.63, 3.8) is 0 Å². The summed E-state index contributed by atoms with van der Waals surface area (Å²) in [5, 5.41) is 3.93. The van der Waals surface area contributed by atoms with Crippen LogP contribution in [0.5, 0.6) is 0 Å². The van der Waals surface area contributed by atoms with Crippen LogP contribution in [0, 0.1) is 5.41 Å². The number of ether oxygens (including phenoxy) is 1. The van der Waals surface area contributed by atoms with Crippen LogP contribution in [-0.4, -0.2) is 29.0 Å². The van der Waals surface area contributed by atoms with E-state index in [2.05, 4.69) is 10.1 Å². The number of esters is 1. The Kier molecular flexibility index (Phi) is 4.01. The zero-order chi connectivity index (χ0) is 14.7. The second-order valence-electron chi connectivity index (χ2n) is 5.24. The normalized spacial score (nSPS) is 15.9. The van der Waals surface area contributed by atoms with Crippen molar-refractivity contribution in [2.24, 2.45) is 5.41 Å². The first-order valence-corrected chi connectivity index (χ1v) is 7.87. The van der Waals surface area contributed by atoms with Crippen LogP contribution in [0.3, 0.4) is 0 Å². The highest BCUT2D eigenvalue weighted by molar-refractivity contribution is 7.98. The number of thioether (sulfide) groups is 1. The number of methoxy groups -OCH3 is 1. The lowest BCUT2D eigenvalue weighted by Gasteiger charge is -2.11. The second-order valence-corrected chi connectivity index (χ2v) is 6.22. The van der Waals surface area contributed by atoms with Crippen LogP contribution in [0.1, 0.15) is 25.1 Å². The highest BCUT2D eigenvalue weighted by Crippen LogP contribution is 2.51. The summed E-state index contributed by atoms with van der Waals surface area (Å²) in [7, 11) is 1.43. The SMILES string of the molecule is COC(=O)CC1(CSCc2noc(-c3ccco3)n2)CC1. The molecule has 6 nitrogen and oxygen atoms in total. The maximum Gasteiger partial charge on any atom is 0.306 e. The zero-order valence-corrected chi connectivity index (χ0v) is 12.5. The van der Waals surface area contributed by atoms with Crippen molar-refractivity contribution in [2.75, 3.05) is 12.9 Å². The standard InChI is InChI=1S/C14H16N2O4S/c1-18-12(17)7-14(4-5-14)9-21-8-11-15-13(20-16-11)10-3-2-6-19-10/h2-3,6H,4-5,7-9H2,1H3. The molecule has 1 aliphatic carbocycles. The molecule has 2 heterocycles. The molecule has 112 valence electrons. The van der Waals surface area contributed by atoms with E-state index in [-0.39, 0.29) is 11.4 Å². The van der Waals surface area contributed by atoms with Gasteiger partial charge in [-0.3, -0.25) is 4.79 Å². The maximum absolute atomic E-state index is 11.4. The van der Waals surface area contributed by atoms with Gasteiger partial charge < -0.3 is 13.7 Å². The quantitative estimate of drug-likeness (QED) is 0.728. The van der Waals surface area contributed by atoms with E-state index in [9.17, 15) is 4.79 Å². The summed E-state index contributed by atoms with van der Waals surface area (Å²) in [4.78, 5) is 15.6. The van der Waals surface area contributed by atoms with Gasteiger partial charge in [0, 0.05) is 0 Å². The summed E-state index contributed by atoms with van der Waals surface area (Å²) in [5.41, 5.74) is 0.116. The molecular formula is C14H16N2O4S. The summed E-state index contributed by atoms with van der Waals surface area (Å²) in [6, 6.07) is 3.55. The molecule has 1 aliphatic rings. The summed E-state index contributed by atoms with van der Waals surface area (Å²) in [6.45, 7) is 0. The number of rotatable bonds is 7. The van der Waals surface area contributed by atoms with E-state index >= 15 is 0 Å². The number of hydrogen-bond acceptors (Lipinski definition) is 7. The van der Waals surface area contributed by atoms with Gasteiger partial charge in [0.1, 0.15) is 0 Å². The second kappa shape index (κ2) is 5.93. The molecule has 0 aromatic carbocycles. The van der Waals surface area contributed by atoms with Crippen molar-refractivity contribution in [2.45, 2.75) is 25.0 Å². The summed E-state index contributed by atoms with van der Waals surface area (Å²) < 4.78 is 15.1. The van der Waals surface area contributed by atoms with Gasteiger partial charge in [-0.15, -0.1) is 0 Å². The molecule has 7 heteroatoms. The molecule has 2 aromatic heterocycles. The molecular weight excluding hydrogens is 292 g/mol. The first kappa shape index (κ1) is 14.2.